The summed E-state index contributed by atoms with van der Waals surface area (Å²) in [5.74, 6) is 0.431. The normalized spacial score (nSPS) is 17.0. The van der Waals surface area contributed by atoms with Gasteiger partial charge in [0.1, 0.15) is 12.1 Å². The summed E-state index contributed by atoms with van der Waals surface area (Å²) in [5, 5.41) is 5.88. The van der Waals surface area contributed by atoms with E-state index in [0.29, 0.717) is 23.5 Å². The van der Waals surface area contributed by atoms with Crippen molar-refractivity contribution in [2.45, 2.75) is 33.1 Å². The molecule has 2 aromatic rings. The third-order valence-electron chi connectivity index (χ3n) is 6.29. The number of allylic oxidation sites excluding steroid dienone is 1. The number of hydrogen-bond donors (Lipinski definition) is 3. The van der Waals surface area contributed by atoms with Crippen LogP contribution in [-0.4, -0.2) is 49.7 Å². The van der Waals surface area contributed by atoms with Crippen molar-refractivity contribution in [3.8, 4) is 0 Å². The number of piperidine rings is 1. The van der Waals surface area contributed by atoms with Gasteiger partial charge in [-0.15, -0.1) is 0 Å². The number of urea groups is 1. The number of amidine groups is 1. The number of likely N-dealkylation sites (tertiary alicyclic amines) is 1. The van der Waals surface area contributed by atoms with Crippen molar-refractivity contribution in [2.75, 3.05) is 37.3 Å². The maximum atomic E-state index is 12.6. The van der Waals surface area contributed by atoms with Crippen LogP contribution in [0.15, 0.2) is 47.5 Å². The first-order valence-electron chi connectivity index (χ1n) is 11.8. The summed E-state index contributed by atoms with van der Waals surface area (Å²) >= 11 is 0. The summed E-state index contributed by atoms with van der Waals surface area (Å²) in [7, 11) is 1.76. The summed E-state index contributed by atoms with van der Waals surface area (Å²) in [6.45, 7) is 7.09. The van der Waals surface area contributed by atoms with Gasteiger partial charge in [0.2, 0.25) is 0 Å². The van der Waals surface area contributed by atoms with Gasteiger partial charge in [0.25, 0.3) is 0 Å². The second-order valence-corrected chi connectivity index (χ2v) is 8.80. The Morgan fingerprint density at radius 3 is 2.82 bits per heavy atom. The van der Waals surface area contributed by atoms with E-state index in [4.69, 9.17) is 5.73 Å². The second kappa shape index (κ2) is 12.1. The van der Waals surface area contributed by atoms with Gasteiger partial charge in [-0.1, -0.05) is 35.9 Å². The van der Waals surface area contributed by atoms with Gasteiger partial charge < -0.3 is 21.3 Å². The standard InChI is InChI=1S/C27H35N5O2/c1-19-11-12-21(20(2)17-19)13-15-32-14-5-8-23(18-32)26(28)31-27(34)30-24-10-4-7-22(9-6-16-33)25(24)29-3/h4,6-7,9-12,16-17,23,29H,5,8,13-15,18H2,1-3H3,(H3,28,30,31,34)/b9-6-. The molecule has 0 saturated carbocycles. The molecule has 2 amide bonds. The quantitative estimate of drug-likeness (QED) is 0.234. The van der Waals surface area contributed by atoms with Crippen LogP contribution >= 0.6 is 0 Å². The lowest BCUT2D eigenvalue weighted by atomic mass is 9.96. The van der Waals surface area contributed by atoms with Gasteiger partial charge in [0, 0.05) is 26.1 Å². The number of carbonyl (C=O) groups is 2. The topological polar surface area (TPSA) is 99.8 Å². The predicted molar refractivity (Wildman–Crippen MR) is 141 cm³/mol. The number of aliphatic imine (C=N–C) groups is 1. The lowest BCUT2D eigenvalue weighted by Gasteiger charge is -2.32. The van der Waals surface area contributed by atoms with Crippen LogP contribution in [0, 0.1) is 19.8 Å². The fraction of sp³-hybridized carbons (Fsp3) is 0.370. The van der Waals surface area contributed by atoms with Gasteiger partial charge in [0.15, 0.2) is 0 Å². The molecular weight excluding hydrogens is 426 g/mol. The molecule has 4 N–H and O–H groups in total. The van der Waals surface area contributed by atoms with Crippen molar-refractivity contribution in [1.29, 1.82) is 0 Å². The number of anilines is 2. The van der Waals surface area contributed by atoms with E-state index in [2.05, 4.69) is 52.6 Å². The number of rotatable bonds is 8. The lowest BCUT2D eigenvalue weighted by Crippen LogP contribution is -2.42. The van der Waals surface area contributed by atoms with Gasteiger partial charge in [0.05, 0.1) is 11.4 Å². The van der Waals surface area contributed by atoms with E-state index in [1.807, 2.05) is 12.1 Å². The molecule has 1 fully saturated rings. The van der Waals surface area contributed by atoms with Crippen molar-refractivity contribution in [3.63, 3.8) is 0 Å². The van der Waals surface area contributed by atoms with Crippen LogP contribution in [0.25, 0.3) is 6.08 Å². The van der Waals surface area contributed by atoms with Gasteiger partial charge in [-0.3, -0.25) is 4.79 Å². The number of aryl methyl sites for hydroxylation is 2. The summed E-state index contributed by atoms with van der Waals surface area (Å²) in [5.41, 5.74) is 12.3. The molecule has 1 aliphatic rings. The molecule has 3 rings (SSSR count). The molecule has 0 bridgehead atoms. The van der Waals surface area contributed by atoms with Gasteiger partial charge in [-0.2, -0.15) is 4.99 Å². The number of nitrogens with two attached hydrogens (primary N) is 1. The number of hydrogen-bond acceptors (Lipinski definition) is 4. The average Bonchev–Trinajstić information content (AvgIpc) is 2.82. The van der Waals surface area contributed by atoms with Crippen molar-refractivity contribution in [1.82, 2.24) is 4.90 Å². The monoisotopic (exact) mass is 461 g/mol. The fourth-order valence-electron chi connectivity index (χ4n) is 4.49. The molecule has 0 aliphatic carbocycles. The molecular formula is C27H35N5O2. The molecule has 0 spiro atoms. The number of nitrogens with one attached hydrogen (secondary N) is 2. The Morgan fingerprint density at radius 1 is 1.26 bits per heavy atom. The molecule has 1 heterocycles. The highest BCUT2D eigenvalue weighted by Crippen LogP contribution is 2.27. The number of nitrogens with zero attached hydrogens (tertiary/aromatic N) is 2. The molecule has 0 radical (unpaired) electrons. The Bertz CT molecular complexity index is 1080. The van der Waals surface area contributed by atoms with Crippen molar-refractivity contribution >= 4 is 35.6 Å². The highest BCUT2D eigenvalue weighted by atomic mass is 16.2. The zero-order chi connectivity index (χ0) is 24.5. The summed E-state index contributed by atoms with van der Waals surface area (Å²) in [4.78, 5) is 29.9. The Kier molecular flexibility index (Phi) is 8.99. The fourth-order valence-corrected chi connectivity index (χ4v) is 4.49. The SMILES string of the molecule is CNc1c(/C=C\C=O)cccc1NC(=O)/N=C(\N)C1CCCN(CCc2ccc(C)cc2C)C1. The van der Waals surface area contributed by atoms with Gasteiger partial charge in [-0.05, 0) is 74.6 Å². The first-order valence-corrected chi connectivity index (χ1v) is 11.8. The van der Waals surface area contributed by atoms with Crippen LogP contribution < -0.4 is 16.4 Å². The molecule has 34 heavy (non-hydrogen) atoms. The third kappa shape index (κ3) is 6.78. The Morgan fingerprint density at radius 2 is 2.09 bits per heavy atom. The van der Waals surface area contributed by atoms with Crippen LogP contribution in [0.5, 0.6) is 0 Å². The Balaban J connectivity index is 1.61. The average molecular weight is 462 g/mol. The first-order chi connectivity index (χ1) is 16.4. The van der Waals surface area contributed by atoms with Crippen molar-refractivity contribution in [2.24, 2.45) is 16.6 Å². The van der Waals surface area contributed by atoms with Crippen molar-refractivity contribution in [3.05, 3.63) is 64.7 Å². The Labute approximate surface area is 202 Å². The summed E-state index contributed by atoms with van der Waals surface area (Å²) < 4.78 is 0. The number of benzene rings is 2. The minimum Gasteiger partial charge on any atom is -0.387 e. The number of aldehydes is 1. The first kappa shape index (κ1) is 25.2. The molecule has 7 nitrogen and oxygen atoms in total. The molecule has 1 aliphatic heterocycles. The largest absolute Gasteiger partial charge is 0.387 e. The van der Waals surface area contributed by atoms with E-state index in [-0.39, 0.29) is 5.92 Å². The zero-order valence-electron chi connectivity index (χ0n) is 20.3. The number of amides is 2. The predicted octanol–water partition coefficient (Wildman–Crippen LogP) is 4.40. The number of para-hydroxylation sites is 1. The number of carbonyl (C=O) groups excluding carboxylic acids is 2. The molecule has 0 aromatic heterocycles. The van der Waals surface area contributed by atoms with Crippen LogP contribution in [0.3, 0.4) is 0 Å². The van der Waals surface area contributed by atoms with Crippen LogP contribution in [0.1, 0.15) is 35.1 Å². The molecule has 1 atom stereocenters. The minimum absolute atomic E-state index is 0.0595. The maximum absolute atomic E-state index is 12.6. The summed E-state index contributed by atoms with van der Waals surface area (Å²) in [6, 6.07) is 11.6. The lowest BCUT2D eigenvalue weighted by molar-refractivity contribution is -0.104. The molecule has 2 aromatic carbocycles. The molecule has 180 valence electrons. The maximum Gasteiger partial charge on any atom is 0.347 e. The zero-order valence-corrected chi connectivity index (χ0v) is 20.3. The highest BCUT2D eigenvalue weighted by molar-refractivity contribution is 6.02. The van der Waals surface area contributed by atoms with E-state index in [9.17, 15) is 9.59 Å². The summed E-state index contributed by atoms with van der Waals surface area (Å²) in [6.07, 6.45) is 6.76. The molecule has 1 unspecified atom stereocenters. The van der Waals surface area contributed by atoms with Crippen LogP contribution in [0.2, 0.25) is 0 Å². The van der Waals surface area contributed by atoms with E-state index >= 15 is 0 Å². The smallest absolute Gasteiger partial charge is 0.347 e. The van der Waals surface area contributed by atoms with Crippen molar-refractivity contribution < 1.29 is 9.59 Å². The van der Waals surface area contributed by atoms with Gasteiger partial charge >= 0.3 is 6.03 Å². The van der Waals surface area contributed by atoms with E-state index in [0.717, 1.165) is 44.5 Å². The highest BCUT2D eigenvalue weighted by Gasteiger charge is 2.23. The van der Waals surface area contributed by atoms with E-state index in [1.165, 1.54) is 22.8 Å². The van der Waals surface area contributed by atoms with Crippen LogP contribution in [-0.2, 0) is 11.2 Å². The Hall–Kier alpha value is -3.45. The molecule has 1 saturated heterocycles. The van der Waals surface area contributed by atoms with Gasteiger partial charge in [-0.25, -0.2) is 4.79 Å². The van der Waals surface area contributed by atoms with Crippen LogP contribution in [0.4, 0.5) is 16.2 Å². The van der Waals surface area contributed by atoms with E-state index in [1.54, 1.807) is 19.2 Å². The molecule has 7 heteroatoms. The third-order valence-corrected chi connectivity index (χ3v) is 6.29. The second-order valence-electron chi connectivity index (χ2n) is 8.80. The van der Waals surface area contributed by atoms with E-state index < -0.39 is 6.03 Å². The minimum atomic E-state index is -0.502.